The number of sulfonamides is 1. The fraction of sp³-hybridized carbons (Fsp3) is 0.467. The van der Waals surface area contributed by atoms with Crippen molar-refractivity contribution in [1.82, 2.24) is 9.78 Å². The van der Waals surface area contributed by atoms with E-state index in [0.29, 0.717) is 17.5 Å². The van der Waals surface area contributed by atoms with Gasteiger partial charge in [0, 0.05) is 17.8 Å². The molecule has 1 fully saturated rings. The second kappa shape index (κ2) is 6.21. The Morgan fingerprint density at radius 2 is 2.21 bits per heavy atom. The van der Waals surface area contributed by atoms with Crippen LogP contribution in [0.15, 0.2) is 22.5 Å². The molecule has 3 rings (SSSR count). The number of thiophene rings is 1. The Bertz CT molecular complexity index is 863. The molecule has 2 heterocycles. The van der Waals surface area contributed by atoms with Crippen molar-refractivity contribution in [2.75, 3.05) is 4.72 Å². The molecule has 0 aromatic carbocycles. The Labute approximate surface area is 144 Å². The molecule has 1 aliphatic rings. The molecule has 0 aliphatic heterocycles. The highest BCUT2D eigenvalue weighted by Crippen LogP contribution is 2.44. The Balaban J connectivity index is 1.89. The number of carbonyl (C=O) groups is 1. The number of aromatic nitrogens is 2. The van der Waals surface area contributed by atoms with Gasteiger partial charge in [-0.05, 0) is 24.8 Å². The van der Waals surface area contributed by atoms with Crippen molar-refractivity contribution in [3.05, 3.63) is 28.2 Å². The maximum absolute atomic E-state index is 12.5. The number of aromatic carboxylic acids is 1. The van der Waals surface area contributed by atoms with Crippen molar-refractivity contribution in [3.63, 3.8) is 0 Å². The van der Waals surface area contributed by atoms with Gasteiger partial charge < -0.3 is 5.11 Å². The van der Waals surface area contributed by atoms with Crippen molar-refractivity contribution >= 4 is 33.0 Å². The van der Waals surface area contributed by atoms with Crippen LogP contribution in [0.4, 0.5) is 5.69 Å². The van der Waals surface area contributed by atoms with Gasteiger partial charge in [0.15, 0.2) is 0 Å². The molecule has 0 atom stereocenters. The van der Waals surface area contributed by atoms with E-state index < -0.39 is 16.0 Å². The van der Waals surface area contributed by atoms with Gasteiger partial charge in [0.2, 0.25) is 0 Å². The van der Waals surface area contributed by atoms with Gasteiger partial charge in [-0.15, -0.1) is 11.3 Å². The van der Waals surface area contributed by atoms with E-state index in [1.165, 1.54) is 17.6 Å². The molecule has 0 amide bonds. The topological polar surface area (TPSA) is 101 Å². The van der Waals surface area contributed by atoms with Crippen LogP contribution in [0.2, 0.25) is 0 Å². The number of anilines is 1. The number of carboxylic acid groups (broad SMARTS) is 1. The van der Waals surface area contributed by atoms with Crippen molar-refractivity contribution in [2.45, 2.75) is 44.0 Å². The molecule has 2 N–H and O–H groups in total. The van der Waals surface area contributed by atoms with E-state index in [1.807, 2.05) is 4.68 Å². The van der Waals surface area contributed by atoms with Gasteiger partial charge in [-0.2, -0.15) is 5.10 Å². The lowest BCUT2D eigenvalue weighted by Crippen LogP contribution is -2.14. The monoisotopic (exact) mass is 369 g/mol. The van der Waals surface area contributed by atoms with E-state index in [-0.39, 0.29) is 9.77 Å². The molecule has 7 nitrogen and oxygen atoms in total. The molecular formula is C15H19N3O4S2. The summed E-state index contributed by atoms with van der Waals surface area (Å²) in [4.78, 5) is 10.9. The summed E-state index contributed by atoms with van der Waals surface area (Å²) < 4.78 is 29.5. The van der Waals surface area contributed by atoms with Crippen molar-refractivity contribution < 1.29 is 18.3 Å². The molecule has 1 saturated carbocycles. The zero-order chi connectivity index (χ0) is 17.5. The first-order chi connectivity index (χ1) is 11.3. The van der Waals surface area contributed by atoms with Crippen LogP contribution in [0.25, 0.3) is 0 Å². The first-order valence-electron chi connectivity index (χ1n) is 7.68. The molecule has 0 unspecified atom stereocenters. The summed E-state index contributed by atoms with van der Waals surface area (Å²) in [6.07, 6.45) is 3.60. The van der Waals surface area contributed by atoms with E-state index >= 15 is 0 Å². The van der Waals surface area contributed by atoms with Crippen LogP contribution < -0.4 is 4.72 Å². The number of nitrogens with zero attached hydrogens (tertiary/aromatic N) is 2. The normalized spacial score (nSPS) is 15.0. The Morgan fingerprint density at radius 3 is 2.75 bits per heavy atom. The summed E-state index contributed by atoms with van der Waals surface area (Å²) in [5.74, 6) is -0.396. The SMILES string of the molecule is CC(C)Cn1ncc(NS(=O)(=O)c2csc(C(=O)O)c2)c1C1CC1. The highest BCUT2D eigenvalue weighted by atomic mass is 32.2. The summed E-state index contributed by atoms with van der Waals surface area (Å²) in [7, 11) is -3.83. The predicted molar refractivity (Wildman–Crippen MR) is 91.1 cm³/mol. The third-order valence-corrected chi connectivity index (χ3v) is 6.14. The Hall–Kier alpha value is -1.87. The molecule has 2 aromatic rings. The van der Waals surface area contributed by atoms with Gasteiger partial charge in [-0.25, -0.2) is 13.2 Å². The molecular weight excluding hydrogens is 350 g/mol. The van der Waals surface area contributed by atoms with Crippen LogP contribution in [0.5, 0.6) is 0 Å². The smallest absolute Gasteiger partial charge is 0.345 e. The largest absolute Gasteiger partial charge is 0.477 e. The van der Waals surface area contributed by atoms with E-state index in [4.69, 9.17) is 5.11 Å². The molecule has 0 radical (unpaired) electrons. The van der Waals surface area contributed by atoms with E-state index in [2.05, 4.69) is 23.7 Å². The van der Waals surface area contributed by atoms with Gasteiger partial charge in [0.05, 0.1) is 22.5 Å². The molecule has 2 aromatic heterocycles. The Kier molecular flexibility index (Phi) is 4.39. The highest BCUT2D eigenvalue weighted by Gasteiger charge is 2.32. The van der Waals surface area contributed by atoms with Gasteiger partial charge >= 0.3 is 5.97 Å². The summed E-state index contributed by atoms with van der Waals surface area (Å²) in [6.45, 7) is 4.90. The standard InChI is InChI=1S/C15H19N3O4S2/c1-9(2)7-18-14(10-3-4-10)12(6-16-18)17-24(21,22)11-5-13(15(19)20)23-8-11/h5-6,8-10,17H,3-4,7H2,1-2H3,(H,19,20). The zero-order valence-corrected chi connectivity index (χ0v) is 15.0. The average molecular weight is 369 g/mol. The van der Waals surface area contributed by atoms with Crippen LogP contribution in [0, 0.1) is 5.92 Å². The first kappa shape index (κ1) is 17.0. The lowest BCUT2D eigenvalue weighted by atomic mass is 10.2. The quantitative estimate of drug-likeness (QED) is 0.781. The highest BCUT2D eigenvalue weighted by molar-refractivity contribution is 7.92. The number of hydrogen-bond donors (Lipinski definition) is 2. The lowest BCUT2D eigenvalue weighted by Gasteiger charge is -2.12. The number of nitrogens with one attached hydrogen (secondary N) is 1. The summed E-state index contributed by atoms with van der Waals surface area (Å²) in [6, 6.07) is 1.17. The molecule has 0 spiro atoms. The second-order valence-corrected chi connectivity index (χ2v) is 8.94. The molecule has 0 saturated heterocycles. The third-order valence-electron chi connectivity index (χ3n) is 3.72. The number of rotatable bonds is 7. The van der Waals surface area contributed by atoms with Gasteiger partial charge in [-0.3, -0.25) is 9.40 Å². The van der Waals surface area contributed by atoms with Crippen LogP contribution in [-0.2, 0) is 16.6 Å². The minimum atomic E-state index is -3.83. The fourth-order valence-electron chi connectivity index (χ4n) is 2.53. The average Bonchev–Trinajstić information content (AvgIpc) is 3.04. The first-order valence-corrected chi connectivity index (χ1v) is 10.0. The maximum Gasteiger partial charge on any atom is 0.345 e. The molecule has 0 bridgehead atoms. The maximum atomic E-state index is 12.5. The van der Waals surface area contributed by atoms with E-state index in [1.54, 1.807) is 0 Å². The van der Waals surface area contributed by atoms with Crippen LogP contribution in [0.3, 0.4) is 0 Å². The summed E-state index contributed by atoms with van der Waals surface area (Å²) in [5, 5.41) is 14.6. The zero-order valence-electron chi connectivity index (χ0n) is 13.4. The van der Waals surface area contributed by atoms with Crippen LogP contribution in [0.1, 0.15) is 48.0 Å². The predicted octanol–water partition coefficient (Wildman–Crippen LogP) is 2.98. The summed E-state index contributed by atoms with van der Waals surface area (Å²) >= 11 is 0.892. The van der Waals surface area contributed by atoms with Gasteiger partial charge in [-0.1, -0.05) is 13.8 Å². The minimum absolute atomic E-state index is 0.00621. The number of hydrogen-bond acceptors (Lipinski definition) is 5. The van der Waals surface area contributed by atoms with Crippen LogP contribution >= 0.6 is 11.3 Å². The Morgan fingerprint density at radius 1 is 1.50 bits per heavy atom. The third kappa shape index (κ3) is 3.46. The van der Waals surface area contributed by atoms with Crippen molar-refractivity contribution in [3.8, 4) is 0 Å². The number of carboxylic acids is 1. The molecule has 1 aliphatic carbocycles. The second-order valence-electron chi connectivity index (χ2n) is 6.35. The van der Waals surface area contributed by atoms with E-state index in [0.717, 1.165) is 36.4 Å². The van der Waals surface area contributed by atoms with Gasteiger partial charge in [0.1, 0.15) is 4.88 Å². The lowest BCUT2D eigenvalue weighted by molar-refractivity contribution is 0.0702. The van der Waals surface area contributed by atoms with E-state index in [9.17, 15) is 13.2 Å². The summed E-state index contributed by atoms with van der Waals surface area (Å²) in [5.41, 5.74) is 1.40. The van der Waals surface area contributed by atoms with Crippen molar-refractivity contribution in [1.29, 1.82) is 0 Å². The molecule has 24 heavy (non-hydrogen) atoms. The fourth-order valence-corrected chi connectivity index (χ4v) is 4.70. The molecule has 130 valence electrons. The van der Waals surface area contributed by atoms with Gasteiger partial charge in [0.25, 0.3) is 10.0 Å². The molecule has 9 heteroatoms. The minimum Gasteiger partial charge on any atom is -0.477 e. The van der Waals surface area contributed by atoms with Crippen LogP contribution in [-0.4, -0.2) is 29.3 Å². The van der Waals surface area contributed by atoms with Crippen molar-refractivity contribution in [2.24, 2.45) is 5.92 Å².